The van der Waals surface area contributed by atoms with Crippen molar-refractivity contribution in [1.82, 2.24) is 5.32 Å². The third kappa shape index (κ3) is 2.78. The van der Waals surface area contributed by atoms with E-state index in [-0.39, 0.29) is 0 Å². The van der Waals surface area contributed by atoms with E-state index >= 15 is 0 Å². The summed E-state index contributed by atoms with van der Waals surface area (Å²) < 4.78 is 29.0. The maximum atomic E-state index is 10.3. The summed E-state index contributed by atoms with van der Waals surface area (Å²) in [6.07, 6.45) is 0.370. The molecule has 0 amide bonds. The summed E-state index contributed by atoms with van der Waals surface area (Å²) in [6.45, 7) is 1.68. The van der Waals surface area contributed by atoms with Gasteiger partial charge in [0.1, 0.15) is 5.37 Å². The Kier molecular flexibility index (Phi) is 3.10. The molecule has 56 valence electrons. The van der Waals surface area contributed by atoms with E-state index in [0.717, 1.165) is 0 Å². The van der Waals surface area contributed by atoms with Crippen molar-refractivity contribution in [3.8, 4) is 0 Å². The van der Waals surface area contributed by atoms with Gasteiger partial charge in [0, 0.05) is 0 Å². The van der Waals surface area contributed by atoms with Crippen LogP contribution in [0.3, 0.4) is 0 Å². The highest BCUT2D eigenvalue weighted by Gasteiger charge is 2.17. The average molecular weight is 153 g/mol. The molecule has 9 heavy (non-hydrogen) atoms. The minimum Gasteiger partial charge on any atom is -0.302 e. The van der Waals surface area contributed by atoms with E-state index in [1.54, 1.807) is 6.92 Å². The summed E-state index contributed by atoms with van der Waals surface area (Å²) >= 11 is 0. The first-order chi connectivity index (χ1) is 4.02. The molecule has 1 atom stereocenters. The van der Waals surface area contributed by atoms with E-state index in [9.17, 15) is 8.42 Å². The molecule has 4 nitrogen and oxygen atoms in total. The van der Waals surface area contributed by atoms with Gasteiger partial charge in [0.05, 0.1) is 0 Å². The van der Waals surface area contributed by atoms with E-state index < -0.39 is 15.5 Å². The van der Waals surface area contributed by atoms with Crippen molar-refractivity contribution >= 4 is 10.1 Å². The van der Waals surface area contributed by atoms with Crippen molar-refractivity contribution in [2.75, 3.05) is 7.05 Å². The minimum atomic E-state index is -3.88. The first-order valence-electron chi connectivity index (χ1n) is 2.66. The second-order valence-electron chi connectivity index (χ2n) is 1.70. The summed E-state index contributed by atoms with van der Waals surface area (Å²) in [7, 11) is -2.39. The lowest BCUT2D eigenvalue weighted by Crippen LogP contribution is -2.32. The van der Waals surface area contributed by atoms with Gasteiger partial charge in [-0.1, -0.05) is 6.92 Å². The van der Waals surface area contributed by atoms with Gasteiger partial charge in [0.25, 0.3) is 10.1 Å². The highest BCUT2D eigenvalue weighted by molar-refractivity contribution is 7.86. The van der Waals surface area contributed by atoms with E-state index in [0.29, 0.717) is 6.42 Å². The molecule has 0 radical (unpaired) electrons. The maximum Gasteiger partial charge on any atom is 0.281 e. The van der Waals surface area contributed by atoms with Gasteiger partial charge in [-0.05, 0) is 13.5 Å². The van der Waals surface area contributed by atoms with Crippen LogP contribution >= 0.6 is 0 Å². The van der Waals surface area contributed by atoms with Gasteiger partial charge in [0.2, 0.25) is 0 Å². The predicted molar refractivity (Wildman–Crippen MR) is 34.7 cm³/mol. The first kappa shape index (κ1) is 8.87. The third-order valence-electron chi connectivity index (χ3n) is 1.05. The molecule has 0 aromatic heterocycles. The Morgan fingerprint density at radius 1 is 1.67 bits per heavy atom. The van der Waals surface area contributed by atoms with Gasteiger partial charge in [-0.2, -0.15) is 8.42 Å². The second kappa shape index (κ2) is 3.14. The lowest BCUT2D eigenvalue weighted by atomic mass is 10.5. The molecule has 0 aromatic rings. The van der Waals surface area contributed by atoms with Gasteiger partial charge < -0.3 is 5.32 Å². The lowest BCUT2D eigenvalue weighted by molar-refractivity contribution is 0.453. The Bertz CT molecular complexity index is 159. The summed E-state index contributed by atoms with van der Waals surface area (Å²) in [5.41, 5.74) is 0. The molecule has 0 saturated heterocycles. The minimum absolute atomic E-state index is 0.370. The van der Waals surface area contributed by atoms with Crippen molar-refractivity contribution in [3.63, 3.8) is 0 Å². The first-order valence-corrected chi connectivity index (χ1v) is 4.16. The Balaban J connectivity index is 4.14. The molecular formula is C4H11NO3S. The van der Waals surface area contributed by atoms with E-state index in [2.05, 4.69) is 5.32 Å². The van der Waals surface area contributed by atoms with Gasteiger partial charge in [0.15, 0.2) is 0 Å². The summed E-state index contributed by atoms with van der Waals surface area (Å²) in [5, 5.41) is 1.63. The van der Waals surface area contributed by atoms with Gasteiger partial charge >= 0.3 is 0 Å². The van der Waals surface area contributed by atoms with Crippen LogP contribution in [0.4, 0.5) is 0 Å². The number of hydrogen-bond acceptors (Lipinski definition) is 3. The van der Waals surface area contributed by atoms with Crippen LogP contribution in [0, 0.1) is 0 Å². The molecule has 0 fully saturated rings. The molecule has 0 aromatic carbocycles. The molecule has 0 spiro atoms. The largest absolute Gasteiger partial charge is 0.302 e. The quantitative estimate of drug-likeness (QED) is 0.552. The van der Waals surface area contributed by atoms with Crippen LogP contribution in [0.25, 0.3) is 0 Å². The average Bonchev–Trinajstić information content (AvgIpc) is 1.65. The Morgan fingerprint density at radius 2 is 2.11 bits per heavy atom. The van der Waals surface area contributed by atoms with Crippen LogP contribution in [0.2, 0.25) is 0 Å². The number of hydrogen-bond donors (Lipinski definition) is 2. The molecule has 0 bridgehead atoms. The third-order valence-corrected chi connectivity index (χ3v) is 2.34. The van der Waals surface area contributed by atoms with Crippen LogP contribution in [-0.4, -0.2) is 25.4 Å². The molecule has 0 heterocycles. The zero-order valence-electron chi connectivity index (χ0n) is 5.46. The highest BCUT2D eigenvalue weighted by Crippen LogP contribution is 1.96. The SMILES string of the molecule is CCC(NC)S(=O)(=O)O. The van der Waals surface area contributed by atoms with Crippen LogP contribution < -0.4 is 5.32 Å². The van der Waals surface area contributed by atoms with E-state index in [1.807, 2.05) is 0 Å². The molecule has 1 unspecified atom stereocenters. The monoisotopic (exact) mass is 153 g/mol. The van der Waals surface area contributed by atoms with E-state index in [1.165, 1.54) is 7.05 Å². The van der Waals surface area contributed by atoms with Crippen molar-refractivity contribution in [2.45, 2.75) is 18.7 Å². The molecule has 2 N–H and O–H groups in total. The number of rotatable bonds is 3. The fourth-order valence-corrected chi connectivity index (χ4v) is 1.28. The predicted octanol–water partition coefficient (Wildman–Crippen LogP) is -0.170. The summed E-state index contributed by atoms with van der Waals surface area (Å²) in [6, 6.07) is 0. The van der Waals surface area contributed by atoms with Crippen molar-refractivity contribution < 1.29 is 13.0 Å². The fraction of sp³-hybridized carbons (Fsp3) is 1.00. The van der Waals surface area contributed by atoms with Gasteiger partial charge in [-0.25, -0.2) is 0 Å². The van der Waals surface area contributed by atoms with Crippen LogP contribution in [0.5, 0.6) is 0 Å². The molecule has 0 aliphatic heterocycles. The molecule has 0 aliphatic carbocycles. The number of nitrogens with one attached hydrogen (secondary N) is 1. The Hall–Kier alpha value is -0.130. The molecule has 0 saturated carbocycles. The molecule has 0 rings (SSSR count). The molecule has 5 heteroatoms. The summed E-state index contributed by atoms with van der Waals surface area (Å²) in [4.78, 5) is 0. The second-order valence-corrected chi connectivity index (χ2v) is 3.30. The van der Waals surface area contributed by atoms with Crippen molar-refractivity contribution in [1.29, 1.82) is 0 Å². The van der Waals surface area contributed by atoms with Gasteiger partial charge in [-0.3, -0.25) is 4.55 Å². The Labute approximate surface area is 55.0 Å². The molecular weight excluding hydrogens is 142 g/mol. The van der Waals surface area contributed by atoms with Crippen LogP contribution in [0.15, 0.2) is 0 Å². The normalized spacial score (nSPS) is 15.4. The highest BCUT2D eigenvalue weighted by atomic mass is 32.2. The van der Waals surface area contributed by atoms with Crippen molar-refractivity contribution in [3.05, 3.63) is 0 Å². The smallest absolute Gasteiger partial charge is 0.281 e. The lowest BCUT2D eigenvalue weighted by Gasteiger charge is -2.07. The van der Waals surface area contributed by atoms with Crippen LogP contribution in [-0.2, 0) is 10.1 Å². The maximum absolute atomic E-state index is 10.3. The Morgan fingerprint density at radius 3 is 2.11 bits per heavy atom. The zero-order chi connectivity index (χ0) is 7.49. The fourth-order valence-electron chi connectivity index (χ4n) is 0.564. The van der Waals surface area contributed by atoms with E-state index in [4.69, 9.17) is 4.55 Å². The summed E-state index contributed by atoms with van der Waals surface area (Å²) in [5.74, 6) is 0. The van der Waals surface area contributed by atoms with Gasteiger partial charge in [-0.15, -0.1) is 0 Å². The zero-order valence-corrected chi connectivity index (χ0v) is 6.27. The topological polar surface area (TPSA) is 66.4 Å². The standard InChI is InChI=1S/C4H11NO3S/c1-3-4(5-2)9(6,7)8/h4-5H,3H2,1-2H3,(H,6,7,8). The van der Waals surface area contributed by atoms with Crippen molar-refractivity contribution in [2.24, 2.45) is 0 Å². The molecule has 0 aliphatic rings. The van der Waals surface area contributed by atoms with Crippen LogP contribution in [0.1, 0.15) is 13.3 Å².